The Bertz CT molecular complexity index is 632. The van der Waals surface area contributed by atoms with Gasteiger partial charge in [-0.05, 0) is 25.3 Å². The highest BCUT2D eigenvalue weighted by atomic mass is 32.2. The van der Waals surface area contributed by atoms with E-state index >= 15 is 0 Å². The van der Waals surface area contributed by atoms with Crippen LogP contribution in [0.1, 0.15) is 18.9 Å². The van der Waals surface area contributed by atoms with E-state index in [1.54, 1.807) is 7.05 Å². The van der Waals surface area contributed by atoms with Crippen LogP contribution in [0.2, 0.25) is 0 Å². The van der Waals surface area contributed by atoms with Gasteiger partial charge in [0.05, 0.1) is 11.5 Å². The average molecular weight is 367 g/mol. The lowest BCUT2D eigenvalue weighted by molar-refractivity contribution is 0.299. The first-order valence-corrected chi connectivity index (χ1v) is 10.7. The van der Waals surface area contributed by atoms with Gasteiger partial charge in [-0.2, -0.15) is 0 Å². The van der Waals surface area contributed by atoms with E-state index in [4.69, 9.17) is 0 Å². The third-order valence-corrected chi connectivity index (χ3v) is 6.08. The van der Waals surface area contributed by atoms with E-state index < -0.39 is 9.84 Å². The number of nitrogens with one attached hydrogen (secondary N) is 2. The van der Waals surface area contributed by atoms with Gasteiger partial charge in [-0.3, -0.25) is 9.89 Å². The summed E-state index contributed by atoms with van der Waals surface area (Å²) in [5.74, 6) is 1.35. The summed E-state index contributed by atoms with van der Waals surface area (Å²) in [6.07, 6.45) is 2.07. The molecule has 0 bridgehead atoms. The monoisotopic (exact) mass is 366 g/mol. The van der Waals surface area contributed by atoms with Gasteiger partial charge in [0, 0.05) is 39.3 Å². The summed E-state index contributed by atoms with van der Waals surface area (Å²) in [5.41, 5.74) is 1.35. The molecule has 0 saturated carbocycles. The van der Waals surface area contributed by atoms with Crippen molar-refractivity contribution < 1.29 is 8.42 Å². The average Bonchev–Trinajstić information content (AvgIpc) is 2.61. The Morgan fingerprint density at radius 3 is 2.56 bits per heavy atom. The van der Waals surface area contributed by atoms with E-state index in [0.717, 1.165) is 31.9 Å². The Morgan fingerprint density at radius 1 is 1.24 bits per heavy atom. The first-order chi connectivity index (χ1) is 12.0. The van der Waals surface area contributed by atoms with Crippen LogP contribution in [-0.2, 0) is 16.3 Å². The fourth-order valence-electron chi connectivity index (χ4n) is 2.83. The summed E-state index contributed by atoms with van der Waals surface area (Å²) in [5, 5.41) is 6.73. The van der Waals surface area contributed by atoms with Crippen molar-refractivity contribution >= 4 is 15.8 Å². The van der Waals surface area contributed by atoms with Crippen molar-refractivity contribution in [2.75, 3.05) is 44.7 Å². The first-order valence-electron chi connectivity index (χ1n) is 8.92. The zero-order chi connectivity index (χ0) is 18.1. The minimum Gasteiger partial charge on any atom is -0.355 e. The minimum absolute atomic E-state index is 0.274. The number of aliphatic imine (C=N–C) groups is 1. The van der Waals surface area contributed by atoms with Crippen molar-refractivity contribution in [3.05, 3.63) is 35.9 Å². The summed E-state index contributed by atoms with van der Waals surface area (Å²) >= 11 is 0. The predicted molar refractivity (Wildman–Crippen MR) is 104 cm³/mol. The van der Waals surface area contributed by atoms with Gasteiger partial charge < -0.3 is 10.6 Å². The van der Waals surface area contributed by atoms with Crippen LogP contribution in [0, 0.1) is 0 Å². The number of sulfone groups is 1. The third-order valence-electron chi connectivity index (χ3n) is 4.47. The number of rotatable bonds is 7. The molecule has 1 aromatic rings. The number of hydrogen-bond donors (Lipinski definition) is 2. The summed E-state index contributed by atoms with van der Waals surface area (Å²) in [6, 6.07) is 10.8. The van der Waals surface area contributed by atoms with E-state index in [0.29, 0.717) is 19.1 Å². The fourth-order valence-corrected chi connectivity index (χ4v) is 4.11. The lowest BCUT2D eigenvalue weighted by Crippen LogP contribution is -2.47. The molecule has 6 nitrogen and oxygen atoms in total. The van der Waals surface area contributed by atoms with Gasteiger partial charge in [0.15, 0.2) is 15.8 Å². The van der Waals surface area contributed by atoms with Crippen molar-refractivity contribution in [2.24, 2.45) is 4.99 Å². The minimum atomic E-state index is -2.81. The SMILES string of the molecule is CN=C(NCCN1CCS(=O)(=O)CC1)NC(C)CCc1ccccc1. The Morgan fingerprint density at radius 2 is 1.92 bits per heavy atom. The molecule has 25 heavy (non-hydrogen) atoms. The Hall–Kier alpha value is -1.60. The number of nitrogens with zero attached hydrogens (tertiary/aromatic N) is 2. The lowest BCUT2D eigenvalue weighted by Gasteiger charge is -2.27. The molecule has 140 valence electrons. The number of aryl methyl sites for hydroxylation is 1. The molecule has 2 N–H and O–H groups in total. The smallest absolute Gasteiger partial charge is 0.191 e. The molecule has 1 saturated heterocycles. The molecule has 0 spiro atoms. The zero-order valence-corrected chi connectivity index (χ0v) is 16.1. The highest BCUT2D eigenvalue weighted by molar-refractivity contribution is 7.91. The van der Waals surface area contributed by atoms with Crippen molar-refractivity contribution in [1.82, 2.24) is 15.5 Å². The van der Waals surface area contributed by atoms with Crippen molar-refractivity contribution in [3.63, 3.8) is 0 Å². The van der Waals surface area contributed by atoms with Crippen LogP contribution < -0.4 is 10.6 Å². The second-order valence-electron chi connectivity index (χ2n) is 6.56. The third kappa shape index (κ3) is 7.44. The maximum absolute atomic E-state index is 11.4. The lowest BCUT2D eigenvalue weighted by atomic mass is 10.1. The summed E-state index contributed by atoms with van der Waals surface area (Å²) in [4.78, 5) is 6.45. The molecule has 0 radical (unpaired) electrons. The highest BCUT2D eigenvalue weighted by Gasteiger charge is 2.20. The molecule has 0 aliphatic carbocycles. The van der Waals surface area contributed by atoms with Crippen LogP contribution in [0.4, 0.5) is 0 Å². The number of benzene rings is 1. The highest BCUT2D eigenvalue weighted by Crippen LogP contribution is 2.05. The molecular formula is C18H30N4O2S. The molecule has 1 fully saturated rings. The van der Waals surface area contributed by atoms with Gasteiger partial charge in [-0.1, -0.05) is 30.3 Å². The fraction of sp³-hybridized carbons (Fsp3) is 0.611. The van der Waals surface area contributed by atoms with Crippen molar-refractivity contribution in [3.8, 4) is 0 Å². The van der Waals surface area contributed by atoms with Crippen LogP contribution in [0.5, 0.6) is 0 Å². The molecule has 1 aliphatic rings. The van der Waals surface area contributed by atoms with Gasteiger partial charge in [0.2, 0.25) is 0 Å². The normalized spacial score (nSPS) is 19.4. The largest absolute Gasteiger partial charge is 0.355 e. The summed E-state index contributed by atoms with van der Waals surface area (Å²) < 4.78 is 22.9. The van der Waals surface area contributed by atoms with Crippen LogP contribution >= 0.6 is 0 Å². The molecule has 0 amide bonds. The van der Waals surface area contributed by atoms with Crippen molar-refractivity contribution in [1.29, 1.82) is 0 Å². The Kier molecular flexibility index (Phi) is 7.71. The predicted octanol–water partition coefficient (Wildman–Crippen LogP) is 0.903. The zero-order valence-electron chi connectivity index (χ0n) is 15.2. The molecule has 1 heterocycles. The number of guanidine groups is 1. The maximum Gasteiger partial charge on any atom is 0.191 e. The van der Waals surface area contributed by atoms with Gasteiger partial charge in [0.1, 0.15) is 0 Å². The van der Waals surface area contributed by atoms with Crippen LogP contribution in [0.3, 0.4) is 0 Å². The van der Waals surface area contributed by atoms with E-state index in [1.165, 1.54) is 5.56 Å². The molecular weight excluding hydrogens is 336 g/mol. The standard InChI is InChI=1S/C18H30N4O2S/c1-16(8-9-17-6-4-3-5-7-17)21-18(19-2)20-10-11-22-12-14-25(23,24)15-13-22/h3-7,16H,8-15H2,1-2H3,(H2,19,20,21). The summed E-state index contributed by atoms with van der Waals surface area (Å²) in [6.45, 7) is 5.00. The second kappa shape index (κ2) is 9.77. The summed E-state index contributed by atoms with van der Waals surface area (Å²) in [7, 11) is -1.03. The van der Waals surface area contributed by atoms with E-state index in [2.05, 4.69) is 51.7 Å². The molecule has 1 aliphatic heterocycles. The van der Waals surface area contributed by atoms with Crippen LogP contribution in [0.15, 0.2) is 35.3 Å². The van der Waals surface area contributed by atoms with E-state index in [1.807, 2.05) is 6.07 Å². The van der Waals surface area contributed by atoms with Crippen LogP contribution in [0.25, 0.3) is 0 Å². The van der Waals surface area contributed by atoms with Crippen molar-refractivity contribution in [2.45, 2.75) is 25.8 Å². The molecule has 0 aromatic heterocycles. The number of hydrogen-bond acceptors (Lipinski definition) is 4. The Labute approximate surface area is 151 Å². The van der Waals surface area contributed by atoms with Gasteiger partial charge in [0.25, 0.3) is 0 Å². The topological polar surface area (TPSA) is 73.8 Å². The molecule has 1 unspecified atom stereocenters. The van der Waals surface area contributed by atoms with Gasteiger partial charge in [-0.15, -0.1) is 0 Å². The molecule has 1 aromatic carbocycles. The van der Waals surface area contributed by atoms with E-state index in [-0.39, 0.29) is 11.5 Å². The second-order valence-corrected chi connectivity index (χ2v) is 8.87. The quantitative estimate of drug-likeness (QED) is 0.554. The maximum atomic E-state index is 11.4. The molecule has 2 rings (SSSR count). The molecule has 1 atom stereocenters. The Balaban J connectivity index is 1.64. The van der Waals surface area contributed by atoms with Gasteiger partial charge in [-0.25, -0.2) is 8.42 Å². The van der Waals surface area contributed by atoms with Crippen LogP contribution in [-0.4, -0.2) is 70.1 Å². The van der Waals surface area contributed by atoms with E-state index in [9.17, 15) is 8.42 Å². The molecule has 7 heteroatoms. The first kappa shape index (κ1) is 19.7. The van der Waals surface area contributed by atoms with Gasteiger partial charge >= 0.3 is 0 Å².